The second kappa shape index (κ2) is 18.4. The van der Waals surface area contributed by atoms with Crippen LogP contribution in [0, 0.1) is 11.8 Å². The number of rotatable bonds is 16. The van der Waals surface area contributed by atoms with Crippen molar-refractivity contribution in [2.45, 2.75) is 64.9 Å². The molecule has 0 saturated carbocycles. The summed E-state index contributed by atoms with van der Waals surface area (Å²) in [6.45, 7) is 7.20. The maximum Gasteiger partial charge on any atom is 0.407 e. The Morgan fingerprint density at radius 2 is 1.27 bits per heavy atom. The molecule has 45 heavy (non-hydrogen) atoms. The number of ether oxygens (including phenoxy) is 3. The van der Waals surface area contributed by atoms with Gasteiger partial charge >= 0.3 is 12.2 Å². The molecule has 13 heteroatoms. The number of aliphatic hydroxyl groups excluding tert-OH is 1. The molecule has 4 amide bonds. The fraction of sp³-hybridized carbons (Fsp3) is 0.500. The molecule has 2 aromatic rings. The number of hydrazine groups is 1. The van der Waals surface area contributed by atoms with Gasteiger partial charge in [-0.1, -0.05) is 70.2 Å². The smallest absolute Gasteiger partial charge is 0.407 e. The van der Waals surface area contributed by atoms with E-state index in [1.165, 1.54) is 19.2 Å². The van der Waals surface area contributed by atoms with Crippen LogP contribution in [0.3, 0.4) is 0 Å². The average Bonchev–Trinajstić information content (AvgIpc) is 3.02. The summed E-state index contributed by atoms with van der Waals surface area (Å²) in [5.74, 6) is -0.912. The summed E-state index contributed by atoms with van der Waals surface area (Å²) in [6, 6.07) is 13.9. The molecule has 0 aliphatic rings. The van der Waals surface area contributed by atoms with Crippen LogP contribution in [-0.4, -0.2) is 86.2 Å². The average molecular weight is 630 g/mol. The van der Waals surface area contributed by atoms with Gasteiger partial charge < -0.3 is 35.3 Å². The Morgan fingerprint density at radius 3 is 1.76 bits per heavy atom. The Morgan fingerprint density at radius 1 is 0.733 bits per heavy atom. The first-order chi connectivity index (χ1) is 21.4. The highest BCUT2D eigenvalue weighted by Gasteiger charge is 2.32. The van der Waals surface area contributed by atoms with Gasteiger partial charge in [0.1, 0.15) is 17.8 Å². The third-order valence-electron chi connectivity index (χ3n) is 7.11. The number of nitrogens with one attached hydrogen (secondary N) is 4. The zero-order valence-electron chi connectivity index (χ0n) is 27.0. The molecule has 0 radical (unpaired) electrons. The van der Waals surface area contributed by atoms with Crippen molar-refractivity contribution in [1.82, 2.24) is 26.4 Å². The minimum Gasteiger partial charge on any atom is -0.497 e. The molecule has 0 aromatic heterocycles. The molecular formula is C32H47N5O8. The van der Waals surface area contributed by atoms with E-state index in [0.717, 1.165) is 11.1 Å². The van der Waals surface area contributed by atoms with Gasteiger partial charge in [-0.05, 0) is 41.5 Å². The van der Waals surface area contributed by atoms with Gasteiger partial charge in [-0.3, -0.25) is 15.0 Å². The number of alkyl carbamates (subject to hydrolysis) is 2. The minimum atomic E-state index is -1.19. The van der Waals surface area contributed by atoms with Crippen molar-refractivity contribution in [1.29, 1.82) is 0 Å². The highest BCUT2D eigenvalue weighted by molar-refractivity contribution is 5.86. The van der Waals surface area contributed by atoms with E-state index in [-0.39, 0.29) is 31.3 Å². The van der Waals surface area contributed by atoms with Crippen molar-refractivity contribution in [3.05, 3.63) is 65.7 Å². The topological polar surface area (TPSA) is 168 Å². The van der Waals surface area contributed by atoms with E-state index in [0.29, 0.717) is 5.75 Å². The number of hydrogen-bond donors (Lipinski definition) is 5. The molecule has 0 saturated heterocycles. The van der Waals surface area contributed by atoms with Crippen molar-refractivity contribution in [3.8, 4) is 5.75 Å². The highest BCUT2D eigenvalue weighted by atomic mass is 16.5. The lowest BCUT2D eigenvalue weighted by Crippen LogP contribution is -2.59. The van der Waals surface area contributed by atoms with Crippen LogP contribution in [-0.2, 0) is 32.0 Å². The molecule has 13 nitrogen and oxygen atoms in total. The standard InChI is InChI=1S/C32H47N5O8/c1-20(2)27(34-31(41)44-6)29(39)33-25(17-22-11-9-8-10-12-22)26(38)19-37(18-23-13-15-24(43-5)16-14-23)36-30(40)28(21(3)4)35-32(42)45-7/h8-16,20-21,25-28,38H,17-19H2,1-7H3,(H,33,39)(H,34,41)(H,35,42)(H,36,40)/t25-,26-,27-,28-/m0/s1. The lowest BCUT2D eigenvalue weighted by Gasteiger charge is -2.33. The Bertz CT molecular complexity index is 1230. The van der Waals surface area contributed by atoms with E-state index in [1.54, 1.807) is 46.9 Å². The number of nitrogens with zero attached hydrogens (tertiary/aromatic N) is 1. The monoisotopic (exact) mass is 629 g/mol. The van der Waals surface area contributed by atoms with E-state index in [4.69, 9.17) is 9.47 Å². The summed E-state index contributed by atoms with van der Waals surface area (Å²) in [7, 11) is 3.98. The first kappa shape index (κ1) is 36.8. The molecule has 0 aliphatic carbocycles. The second-order valence-electron chi connectivity index (χ2n) is 11.3. The van der Waals surface area contributed by atoms with Crippen LogP contribution in [0.1, 0.15) is 38.8 Å². The van der Waals surface area contributed by atoms with Crippen molar-refractivity contribution in [2.75, 3.05) is 27.9 Å². The molecule has 0 bridgehead atoms. The van der Waals surface area contributed by atoms with Gasteiger partial charge in [0.05, 0.1) is 33.5 Å². The maximum absolute atomic E-state index is 13.4. The Labute approximate surface area is 264 Å². The normalized spacial score (nSPS) is 13.8. The molecular weight excluding hydrogens is 582 g/mol. The molecule has 2 rings (SSSR count). The van der Waals surface area contributed by atoms with Gasteiger partial charge in [-0.15, -0.1) is 0 Å². The number of aliphatic hydroxyl groups is 1. The van der Waals surface area contributed by atoms with E-state index in [9.17, 15) is 24.3 Å². The van der Waals surface area contributed by atoms with Crippen molar-refractivity contribution >= 4 is 24.0 Å². The van der Waals surface area contributed by atoms with Crippen molar-refractivity contribution in [3.63, 3.8) is 0 Å². The van der Waals surface area contributed by atoms with E-state index in [2.05, 4.69) is 26.1 Å². The largest absolute Gasteiger partial charge is 0.497 e. The lowest BCUT2D eigenvalue weighted by molar-refractivity contribution is -0.131. The second-order valence-corrected chi connectivity index (χ2v) is 11.3. The number of amides is 4. The summed E-state index contributed by atoms with van der Waals surface area (Å²) in [5.41, 5.74) is 4.49. The van der Waals surface area contributed by atoms with Crippen LogP contribution in [0.2, 0.25) is 0 Å². The third-order valence-corrected chi connectivity index (χ3v) is 7.11. The van der Waals surface area contributed by atoms with Crippen LogP contribution in [0.25, 0.3) is 0 Å². The Hall–Kier alpha value is -4.36. The Balaban J connectivity index is 2.38. The predicted molar refractivity (Wildman–Crippen MR) is 168 cm³/mol. The van der Waals surface area contributed by atoms with Gasteiger partial charge in [0, 0.05) is 13.1 Å². The number of carbonyl (C=O) groups excluding carboxylic acids is 4. The number of benzene rings is 2. The molecule has 4 atom stereocenters. The summed E-state index contributed by atoms with van der Waals surface area (Å²) >= 11 is 0. The first-order valence-corrected chi connectivity index (χ1v) is 14.8. The molecule has 0 aliphatic heterocycles. The molecule has 248 valence electrons. The van der Waals surface area contributed by atoms with Gasteiger partial charge in [0.15, 0.2) is 0 Å². The predicted octanol–water partition coefficient (Wildman–Crippen LogP) is 2.38. The summed E-state index contributed by atoms with van der Waals surface area (Å²) in [5, 5.41) is 21.1. The van der Waals surface area contributed by atoms with Crippen LogP contribution in [0.5, 0.6) is 5.75 Å². The summed E-state index contributed by atoms with van der Waals surface area (Å²) in [6.07, 6.45) is -2.43. The zero-order chi connectivity index (χ0) is 33.5. The quantitative estimate of drug-likeness (QED) is 0.175. The number of carbonyl (C=O) groups is 4. The van der Waals surface area contributed by atoms with Gasteiger partial charge in [0.25, 0.3) is 5.91 Å². The third kappa shape index (κ3) is 12.3. The highest BCUT2D eigenvalue weighted by Crippen LogP contribution is 2.15. The maximum atomic E-state index is 13.4. The first-order valence-electron chi connectivity index (χ1n) is 14.8. The van der Waals surface area contributed by atoms with E-state index >= 15 is 0 Å². The van der Waals surface area contributed by atoms with Crippen LogP contribution in [0.4, 0.5) is 9.59 Å². The fourth-order valence-electron chi connectivity index (χ4n) is 4.54. The number of methoxy groups -OCH3 is 3. The van der Waals surface area contributed by atoms with Crippen LogP contribution in [0.15, 0.2) is 54.6 Å². The van der Waals surface area contributed by atoms with Gasteiger partial charge in [-0.2, -0.15) is 0 Å². The number of hydrogen-bond acceptors (Lipinski definition) is 9. The lowest BCUT2D eigenvalue weighted by atomic mass is 9.98. The Kier molecular flexibility index (Phi) is 15.1. The van der Waals surface area contributed by atoms with Crippen molar-refractivity contribution in [2.24, 2.45) is 11.8 Å². The molecule has 0 spiro atoms. The minimum absolute atomic E-state index is 0.102. The van der Waals surface area contributed by atoms with Crippen LogP contribution < -0.4 is 26.1 Å². The summed E-state index contributed by atoms with van der Waals surface area (Å²) < 4.78 is 14.6. The summed E-state index contributed by atoms with van der Waals surface area (Å²) in [4.78, 5) is 50.7. The van der Waals surface area contributed by atoms with Crippen LogP contribution >= 0.6 is 0 Å². The molecule has 0 unspecified atom stereocenters. The van der Waals surface area contributed by atoms with E-state index < -0.39 is 48.2 Å². The van der Waals surface area contributed by atoms with Crippen molar-refractivity contribution < 1.29 is 38.5 Å². The molecule has 2 aromatic carbocycles. The molecule has 5 N–H and O–H groups in total. The SMILES string of the molecule is COC(=O)N[C@H](C(=O)N[C@@H](Cc1ccccc1)[C@@H](O)CN(Cc1ccc(OC)cc1)NC(=O)[C@@H](NC(=O)OC)C(C)C)C(C)C. The molecule has 0 heterocycles. The van der Waals surface area contributed by atoms with Gasteiger partial charge in [-0.25, -0.2) is 14.6 Å². The van der Waals surface area contributed by atoms with Gasteiger partial charge in [0.2, 0.25) is 5.91 Å². The zero-order valence-corrected chi connectivity index (χ0v) is 27.0. The van der Waals surface area contributed by atoms with E-state index in [1.807, 2.05) is 42.5 Å². The fourth-order valence-corrected chi connectivity index (χ4v) is 4.54. The molecule has 0 fully saturated rings.